The Morgan fingerprint density at radius 3 is 2.75 bits per heavy atom. The molecule has 0 unspecified atom stereocenters. The van der Waals surface area contributed by atoms with Gasteiger partial charge in [-0.05, 0) is 18.9 Å². The Kier molecular flexibility index (Phi) is 2.39. The molecule has 0 aliphatic heterocycles. The molecule has 1 rings (SSSR count). The van der Waals surface area contributed by atoms with Gasteiger partial charge in [0.25, 0.3) is 5.56 Å². The summed E-state index contributed by atoms with van der Waals surface area (Å²) in [5.74, 6) is 0.471. The van der Waals surface area contributed by atoms with Gasteiger partial charge >= 0.3 is 0 Å². The maximum Gasteiger partial charge on any atom is 0.279 e. The minimum atomic E-state index is -0.349. The first-order valence-corrected chi connectivity index (χ1v) is 3.61. The number of aliphatic imine (C=N–C) groups is 1. The minimum Gasteiger partial charge on any atom is -0.373 e. The summed E-state index contributed by atoms with van der Waals surface area (Å²) in [6.07, 6.45) is 0. The first-order valence-electron chi connectivity index (χ1n) is 3.20. The van der Waals surface area contributed by atoms with Crippen molar-refractivity contribution in [2.24, 2.45) is 4.99 Å². The Balaban J connectivity index is 3.55. The molecule has 0 fully saturated rings. The van der Waals surface area contributed by atoms with Crippen LogP contribution in [0.3, 0.4) is 0 Å². The van der Waals surface area contributed by atoms with Gasteiger partial charge in [0.2, 0.25) is 0 Å². The molecular weight excluding hydrogens is 176 g/mol. The van der Waals surface area contributed by atoms with Gasteiger partial charge in [0.15, 0.2) is 10.5 Å². The highest BCUT2D eigenvalue weighted by atomic mass is 32.1. The predicted molar refractivity (Wildman–Crippen MR) is 51.0 cm³/mol. The SMILES string of the molecule is C=Nc1c(NC)[nH]c(=S)[nH]c1=O. The van der Waals surface area contributed by atoms with E-state index >= 15 is 0 Å². The maximum atomic E-state index is 11.1. The number of nitrogens with one attached hydrogen (secondary N) is 3. The van der Waals surface area contributed by atoms with Crippen LogP contribution in [-0.4, -0.2) is 23.7 Å². The van der Waals surface area contributed by atoms with Crippen molar-refractivity contribution in [2.45, 2.75) is 0 Å². The van der Waals surface area contributed by atoms with E-state index in [-0.39, 0.29) is 16.0 Å². The zero-order valence-electron chi connectivity index (χ0n) is 6.47. The van der Waals surface area contributed by atoms with Gasteiger partial charge in [0, 0.05) is 7.05 Å². The van der Waals surface area contributed by atoms with Gasteiger partial charge in [-0.1, -0.05) is 0 Å². The molecule has 1 aromatic heterocycles. The lowest BCUT2D eigenvalue weighted by Gasteiger charge is -2.01. The Morgan fingerprint density at radius 1 is 1.58 bits per heavy atom. The summed E-state index contributed by atoms with van der Waals surface area (Å²) in [7, 11) is 1.66. The van der Waals surface area contributed by atoms with Crippen molar-refractivity contribution in [2.75, 3.05) is 12.4 Å². The molecule has 12 heavy (non-hydrogen) atoms. The van der Waals surface area contributed by atoms with E-state index < -0.39 is 0 Å². The van der Waals surface area contributed by atoms with E-state index in [0.717, 1.165) is 0 Å². The molecule has 0 aromatic carbocycles. The third-order valence-corrected chi connectivity index (χ3v) is 1.53. The van der Waals surface area contributed by atoms with E-state index in [4.69, 9.17) is 12.2 Å². The van der Waals surface area contributed by atoms with Crippen LogP contribution in [0.15, 0.2) is 9.79 Å². The number of rotatable bonds is 2. The van der Waals surface area contributed by atoms with Gasteiger partial charge in [-0.15, -0.1) is 0 Å². The number of nitrogens with zero attached hydrogens (tertiary/aromatic N) is 1. The highest BCUT2D eigenvalue weighted by molar-refractivity contribution is 7.71. The van der Waals surface area contributed by atoms with Crippen molar-refractivity contribution in [3.8, 4) is 0 Å². The molecule has 0 aliphatic rings. The molecule has 64 valence electrons. The fourth-order valence-corrected chi connectivity index (χ4v) is 1.01. The van der Waals surface area contributed by atoms with Gasteiger partial charge in [-0.2, -0.15) is 0 Å². The van der Waals surface area contributed by atoms with Gasteiger partial charge < -0.3 is 10.3 Å². The zero-order chi connectivity index (χ0) is 9.14. The predicted octanol–water partition coefficient (Wildman–Crippen LogP) is 0.806. The third kappa shape index (κ3) is 1.42. The standard InChI is InChI=1S/C6H8N4OS/c1-7-3-4(8-2)9-6(12)10-5(3)11/h1H2,2H3,(H3,8,9,10,11,12). The molecule has 0 saturated heterocycles. The topological polar surface area (TPSA) is 73.0 Å². The summed E-state index contributed by atoms with van der Waals surface area (Å²) in [4.78, 5) is 19.8. The molecule has 1 aromatic rings. The van der Waals surface area contributed by atoms with Crippen LogP contribution < -0.4 is 10.9 Å². The van der Waals surface area contributed by atoms with Crippen molar-refractivity contribution in [3.05, 3.63) is 15.1 Å². The second-order valence-electron chi connectivity index (χ2n) is 2.04. The number of hydrogen-bond acceptors (Lipinski definition) is 4. The Bertz CT molecular complexity index is 405. The van der Waals surface area contributed by atoms with Gasteiger partial charge in [-0.3, -0.25) is 14.8 Å². The smallest absolute Gasteiger partial charge is 0.279 e. The van der Waals surface area contributed by atoms with Crippen LogP contribution in [-0.2, 0) is 0 Å². The van der Waals surface area contributed by atoms with Crippen LogP contribution in [0.5, 0.6) is 0 Å². The average Bonchev–Trinajstić information content (AvgIpc) is 2.03. The second-order valence-corrected chi connectivity index (χ2v) is 2.45. The first-order chi connectivity index (χ1) is 5.69. The Morgan fingerprint density at radius 2 is 2.25 bits per heavy atom. The average molecular weight is 184 g/mol. The van der Waals surface area contributed by atoms with Crippen LogP contribution in [0, 0.1) is 4.77 Å². The molecule has 0 saturated carbocycles. The molecule has 0 atom stereocenters. The largest absolute Gasteiger partial charge is 0.373 e. The summed E-state index contributed by atoms with van der Waals surface area (Å²) in [5.41, 5.74) is -0.135. The van der Waals surface area contributed by atoms with Crippen molar-refractivity contribution < 1.29 is 0 Å². The van der Waals surface area contributed by atoms with Gasteiger partial charge in [0.05, 0.1) is 0 Å². The Labute approximate surface area is 73.6 Å². The molecule has 0 spiro atoms. The summed E-state index contributed by atoms with van der Waals surface area (Å²) in [6.45, 7) is 3.27. The van der Waals surface area contributed by atoms with Crippen LogP contribution in [0.4, 0.5) is 11.5 Å². The zero-order valence-corrected chi connectivity index (χ0v) is 7.29. The van der Waals surface area contributed by atoms with Gasteiger partial charge in [0.1, 0.15) is 5.82 Å². The molecule has 0 aliphatic carbocycles. The molecule has 3 N–H and O–H groups in total. The lowest BCUT2D eigenvalue weighted by Crippen LogP contribution is -2.09. The number of anilines is 1. The number of H-pyrrole nitrogens is 2. The van der Waals surface area contributed by atoms with E-state index in [2.05, 4.69) is 27.0 Å². The lowest BCUT2D eigenvalue weighted by atomic mass is 10.5. The van der Waals surface area contributed by atoms with E-state index in [0.29, 0.717) is 5.82 Å². The summed E-state index contributed by atoms with van der Waals surface area (Å²) in [6, 6.07) is 0. The van der Waals surface area contributed by atoms with E-state index in [1.54, 1.807) is 7.05 Å². The van der Waals surface area contributed by atoms with Crippen molar-refractivity contribution in [1.29, 1.82) is 0 Å². The molecule has 5 nitrogen and oxygen atoms in total. The van der Waals surface area contributed by atoms with Crippen LogP contribution in [0.1, 0.15) is 0 Å². The Hall–Kier alpha value is -1.43. The van der Waals surface area contributed by atoms with E-state index in [9.17, 15) is 4.79 Å². The van der Waals surface area contributed by atoms with E-state index in [1.165, 1.54) is 0 Å². The molecular formula is C6H8N4OS. The number of aromatic amines is 2. The van der Waals surface area contributed by atoms with Crippen LogP contribution in [0.2, 0.25) is 0 Å². The van der Waals surface area contributed by atoms with E-state index in [1.807, 2.05) is 0 Å². The minimum absolute atomic E-state index is 0.214. The van der Waals surface area contributed by atoms with Crippen molar-refractivity contribution in [1.82, 2.24) is 9.97 Å². The normalized spacial score (nSPS) is 9.42. The summed E-state index contributed by atoms with van der Waals surface area (Å²) in [5, 5.41) is 2.75. The highest BCUT2D eigenvalue weighted by Gasteiger charge is 2.02. The first kappa shape index (κ1) is 8.66. The maximum absolute atomic E-state index is 11.1. The molecule has 1 heterocycles. The fourth-order valence-electron chi connectivity index (χ4n) is 0.812. The second kappa shape index (κ2) is 3.31. The third-order valence-electron chi connectivity index (χ3n) is 1.33. The number of aromatic nitrogens is 2. The van der Waals surface area contributed by atoms with Crippen molar-refractivity contribution in [3.63, 3.8) is 0 Å². The van der Waals surface area contributed by atoms with Crippen LogP contribution >= 0.6 is 12.2 Å². The molecule has 6 heteroatoms. The summed E-state index contributed by atoms with van der Waals surface area (Å²) < 4.78 is 0.261. The van der Waals surface area contributed by atoms with Crippen molar-refractivity contribution >= 4 is 30.4 Å². The number of hydrogen-bond donors (Lipinski definition) is 3. The van der Waals surface area contributed by atoms with Gasteiger partial charge in [-0.25, -0.2) is 0 Å². The lowest BCUT2D eigenvalue weighted by molar-refractivity contribution is 1.08. The molecule has 0 radical (unpaired) electrons. The molecule has 0 amide bonds. The highest BCUT2D eigenvalue weighted by Crippen LogP contribution is 2.13. The van der Waals surface area contributed by atoms with Crippen LogP contribution in [0.25, 0.3) is 0 Å². The monoisotopic (exact) mass is 184 g/mol. The fraction of sp³-hybridized carbons (Fsp3) is 0.167. The quantitative estimate of drug-likeness (QED) is 0.470. The molecule has 0 bridgehead atoms. The summed E-state index contributed by atoms with van der Waals surface area (Å²) >= 11 is 4.75.